The van der Waals surface area contributed by atoms with E-state index < -0.39 is 10.0 Å². The van der Waals surface area contributed by atoms with Crippen molar-refractivity contribution in [1.82, 2.24) is 9.21 Å². The van der Waals surface area contributed by atoms with Gasteiger partial charge in [-0.2, -0.15) is 4.31 Å². The Labute approximate surface area is 90.7 Å². The molecule has 84 valence electrons. The Morgan fingerprint density at radius 1 is 1.29 bits per heavy atom. The zero-order valence-corrected chi connectivity index (χ0v) is 9.93. The summed E-state index contributed by atoms with van der Waals surface area (Å²) in [5.74, 6) is 0. The zero-order chi connectivity index (χ0) is 10.6. The van der Waals surface area contributed by atoms with Gasteiger partial charge in [0.15, 0.2) is 0 Å². The molecule has 0 saturated carbocycles. The fourth-order valence-corrected chi connectivity index (χ4v) is 2.36. The third-order valence-electron chi connectivity index (χ3n) is 2.30. The Morgan fingerprint density at radius 3 is 2.29 bits per heavy atom. The Bertz CT molecular complexity index is 260. The van der Waals surface area contributed by atoms with Gasteiger partial charge in [-0.05, 0) is 12.9 Å². The highest BCUT2D eigenvalue weighted by Gasteiger charge is 2.22. The van der Waals surface area contributed by atoms with Crippen LogP contribution in [0.4, 0.5) is 0 Å². The summed E-state index contributed by atoms with van der Waals surface area (Å²) < 4.78 is 28.5. The smallest absolute Gasteiger partial charge is 0.211 e. The van der Waals surface area contributed by atoms with Crippen LogP contribution in [0.3, 0.4) is 0 Å². The first kappa shape index (κ1) is 12.3. The van der Waals surface area contributed by atoms with Gasteiger partial charge in [-0.25, -0.2) is 8.42 Å². The van der Waals surface area contributed by atoms with Gasteiger partial charge in [0.05, 0.1) is 12.9 Å². The van der Waals surface area contributed by atoms with Crippen LogP contribution in [0.25, 0.3) is 0 Å². The Balaban J connectivity index is 2.31. The van der Waals surface area contributed by atoms with Gasteiger partial charge in [0, 0.05) is 32.7 Å². The predicted molar refractivity (Wildman–Crippen MR) is 57.8 cm³/mol. The molecule has 0 aromatic carbocycles. The molecular formula is C7H16N2O3S2. The topological polar surface area (TPSA) is 49.9 Å². The lowest BCUT2D eigenvalue weighted by Crippen LogP contribution is -2.48. The van der Waals surface area contributed by atoms with Crippen molar-refractivity contribution < 1.29 is 12.6 Å². The fraction of sp³-hybridized carbons (Fsp3) is 1.00. The molecule has 1 aliphatic rings. The second-order valence-corrected chi connectivity index (χ2v) is 5.58. The number of nitrogens with zero attached hydrogens (tertiary/aromatic N) is 2. The fourth-order valence-electron chi connectivity index (χ4n) is 1.45. The van der Waals surface area contributed by atoms with Gasteiger partial charge >= 0.3 is 0 Å². The Morgan fingerprint density at radius 2 is 1.86 bits per heavy atom. The van der Waals surface area contributed by atoms with Gasteiger partial charge in [0.25, 0.3) is 0 Å². The summed E-state index contributed by atoms with van der Waals surface area (Å²) in [4.78, 5) is 2.16. The molecule has 0 aliphatic carbocycles. The lowest BCUT2D eigenvalue weighted by molar-refractivity contribution is 0.167. The highest BCUT2D eigenvalue weighted by molar-refractivity contribution is 7.88. The largest absolute Gasteiger partial charge is 0.317 e. The number of piperazine rings is 1. The quantitative estimate of drug-likeness (QED) is 0.528. The van der Waals surface area contributed by atoms with Crippen LogP contribution in [0.15, 0.2) is 0 Å². The molecule has 14 heavy (non-hydrogen) atoms. The van der Waals surface area contributed by atoms with Crippen LogP contribution in [-0.2, 0) is 14.2 Å². The highest BCUT2D eigenvalue weighted by Crippen LogP contribution is 2.05. The molecule has 0 atom stereocenters. The van der Waals surface area contributed by atoms with E-state index in [-0.39, 0.29) is 0 Å². The molecule has 1 saturated heterocycles. The van der Waals surface area contributed by atoms with Crippen LogP contribution < -0.4 is 0 Å². The van der Waals surface area contributed by atoms with Crippen LogP contribution >= 0.6 is 12.9 Å². The van der Waals surface area contributed by atoms with Crippen molar-refractivity contribution in [2.24, 2.45) is 0 Å². The van der Waals surface area contributed by atoms with E-state index in [0.29, 0.717) is 19.7 Å². The number of thiol groups is 1. The molecule has 1 aliphatic heterocycles. The molecular weight excluding hydrogens is 224 g/mol. The van der Waals surface area contributed by atoms with Crippen molar-refractivity contribution in [3.8, 4) is 0 Å². The average Bonchev–Trinajstić information content (AvgIpc) is 2.14. The van der Waals surface area contributed by atoms with Crippen LogP contribution in [-0.4, -0.2) is 63.2 Å². The van der Waals surface area contributed by atoms with E-state index in [0.717, 1.165) is 19.6 Å². The number of hydrogen-bond acceptors (Lipinski definition) is 5. The summed E-state index contributed by atoms with van der Waals surface area (Å²) in [7, 11) is -3.01. The molecule has 0 unspecified atom stereocenters. The predicted octanol–water partition coefficient (Wildman–Crippen LogP) is -0.575. The number of sulfonamides is 1. The van der Waals surface area contributed by atoms with Crippen molar-refractivity contribution in [1.29, 1.82) is 0 Å². The molecule has 0 N–H and O–H groups in total. The summed E-state index contributed by atoms with van der Waals surface area (Å²) in [6.45, 7) is 4.06. The van der Waals surface area contributed by atoms with E-state index in [9.17, 15) is 8.42 Å². The second-order valence-electron chi connectivity index (χ2n) is 3.34. The minimum absolute atomic E-state index is 0.571. The third-order valence-corrected chi connectivity index (χ3v) is 3.78. The molecule has 0 bridgehead atoms. The van der Waals surface area contributed by atoms with E-state index >= 15 is 0 Å². The maximum absolute atomic E-state index is 11.2. The van der Waals surface area contributed by atoms with E-state index in [1.807, 2.05) is 0 Å². The maximum atomic E-state index is 11.2. The lowest BCUT2D eigenvalue weighted by atomic mass is 10.4. The van der Waals surface area contributed by atoms with Gasteiger partial charge in [-0.1, -0.05) is 0 Å². The van der Waals surface area contributed by atoms with Gasteiger partial charge in [-0.15, -0.1) is 0 Å². The van der Waals surface area contributed by atoms with Crippen LogP contribution in [0.1, 0.15) is 0 Å². The monoisotopic (exact) mass is 240 g/mol. The minimum atomic E-state index is -3.01. The van der Waals surface area contributed by atoms with Crippen molar-refractivity contribution >= 4 is 22.9 Å². The van der Waals surface area contributed by atoms with Crippen molar-refractivity contribution in [2.75, 3.05) is 45.6 Å². The molecule has 0 aromatic rings. The molecule has 5 nitrogen and oxygen atoms in total. The van der Waals surface area contributed by atoms with Gasteiger partial charge in [0.1, 0.15) is 0 Å². The van der Waals surface area contributed by atoms with E-state index in [4.69, 9.17) is 0 Å². The summed E-state index contributed by atoms with van der Waals surface area (Å²) in [5.41, 5.74) is 0. The van der Waals surface area contributed by atoms with E-state index in [1.165, 1.54) is 10.6 Å². The summed E-state index contributed by atoms with van der Waals surface area (Å²) in [6, 6.07) is 0. The van der Waals surface area contributed by atoms with Crippen molar-refractivity contribution in [3.63, 3.8) is 0 Å². The average molecular weight is 240 g/mol. The molecule has 0 spiro atoms. The Hall–Kier alpha value is 0.180. The summed E-state index contributed by atoms with van der Waals surface area (Å²) in [6.07, 6.45) is 1.25. The SMILES string of the molecule is CS(=O)(=O)N1CCN(CCOS)CC1. The van der Waals surface area contributed by atoms with E-state index in [1.54, 1.807) is 0 Å². The maximum Gasteiger partial charge on any atom is 0.211 e. The van der Waals surface area contributed by atoms with E-state index in [2.05, 4.69) is 22.0 Å². The third kappa shape index (κ3) is 3.74. The van der Waals surface area contributed by atoms with Crippen LogP contribution in [0.2, 0.25) is 0 Å². The molecule has 0 amide bonds. The second kappa shape index (κ2) is 5.32. The first-order valence-electron chi connectivity index (χ1n) is 4.48. The molecule has 1 heterocycles. The molecule has 0 radical (unpaired) electrons. The Kier molecular flexibility index (Phi) is 4.65. The van der Waals surface area contributed by atoms with Crippen LogP contribution in [0, 0.1) is 0 Å². The van der Waals surface area contributed by atoms with Gasteiger partial charge in [0.2, 0.25) is 10.0 Å². The first-order valence-corrected chi connectivity index (χ1v) is 6.69. The highest BCUT2D eigenvalue weighted by atomic mass is 32.2. The normalized spacial score (nSPS) is 21.3. The molecule has 1 fully saturated rings. The number of rotatable bonds is 4. The lowest BCUT2D eigenvalue weighted by Gasteiger charge is -2.32. The standard InChI is InChI=1S/C7H16N2O3S2/c1-14(10,11)9-4-2-8(3-5-9)6-7-12-13/h13H,2-7H2,1H3. The molecule has 7 heteroatoms. The first-order chi connectivity index (χ1) is 6.54. The summed E-state index contributed by atoms with van der Waals surface area (Å²) in [5, 5.41) is 0. The molecule has 0 aromatic heterocycles. The van der Waals surface area contributed by atoms with Crippen LogP contribution in [0.5, 0.6) is 0 Å². The van der Waals surface area contributed by atoms with Gasteiger partial charge in [-0.3, -0.25) is 4.90 Å². The van der Waals surface area contributed by atoms with Gasteiger partial charge < -0.3 is 4.18 Å². The van der Waals surface area contributed by atoms with Crippen molar-refractivity contribution in [2.45, 2.75) is 0 Å². The zero-order valence-electron chi connectivity index (χ0n) is 8.22. The van der Waals surface area contributed by atoms with Crippen molar-refractivity contribution in [3.05, 3.63) is 0 Å². The summed E-state index contributed by atoms with van der Waals surface area (Å²) >= 11 is 3.65. The molecule has 1 rings (SSSR count). The number of hydrogen-bond donors (Lipinski definition) is 1. The minimum Gasteiger partial charge on any atom is -0.317 e.